The van der Waals surface area contributed by atoms with Crippen molar-refractivity contribution in [2.24, 2.45) is 5.92 Å². The lowest BCUT2D eigenvalue weighted by atomic mass is 10.0. The maximum absolute atomic E-state index is 9.15. The van der Waals surface area contributed by atoms with Gasteiger partial charge in [0.15, 0.2) is 0 Å². The van der Waals surface area contributed by atoms with Crippen molar-refractivity contribution in [1.82, 2.24) is 4.90 Å². The van der Waals surface area contributed by atoms with E-state index in [1.807, 2.05) is 18.2 Å². The molecule has 1 heterocycles. The summed E-state index contributed by atoms with van der Waals surface area (Å²) in [4.78, 5) is 2.28. The molecule has 0 spiro atoms. The highest BCUT2D eigenvalue weighted by atomic mass is 35.5. The van der Waals surface area contributed by atoms with E-state index in [9.17, 15) is 0 Å². The maximum Gasteiger partial charge on any atom is 0.0472 e. The second-order valence-electron chi connectivity index (χ2n) is 4.29. The molecule has 0 amide bonds. The van der Waals surface area contributed by atoms with Gasteiger partial charge in [-0.15, -0.1) is 0 Å². The number of rotatable bonds is 2. The Morgan fingerprint density at radius 3 is 2.93 bits per heavy atom. The third-order valence-electron chi connectivity index (χ3n) is 3.13. The predicted molar refractivity (Wildman–Crippen MR) is 62.0 cm³/mol. The largest absolute Gasteiger partial charge is 0.396 e. The molecule has 1 fully saturated rings. The van der Waals surface area contributed by atoms with Gasteiger partial charge < -0.3 is 5.11 Å². The summed E-state index contributed by atoms with van der Waals surface area (Å²) in [5.41, 5.74) is 1.25. The Morgan fingerprint density at radius 2 is 2.33 bits per heavy atom. The first-order valence-corrected chi connectivity index (χ1v) is 5.65. The van der Waals surface area contributed by atoms with E-state index in [1.54, 1.807) is 0 Å². The maximum atomic E-state index is 9.15. The fourth-order valence-electron chi connectivity index (χ4n) is 2.34. The van der Waals surface area contributed by atoms with Crippen LogP contribution in [0.1, 0.15) is 18.0 Å². The van der Waals surface area contributed by atoms with Crippen LogP contribution in [0.4, 0.5) is 0 Å². The molecule has 0 saturated carbocycles. The zero-order chi connectivity index (χ0) is 10.8. The minimum atomic E-state index is 0.279. The predicted octanol–water partition coefficient (Wildman–Crippen LogP) is 2.33. The molecule has 2 rings (SSSR count). The van der Waals surface area contributed by atoms with Crippen molar-refractivity contribution < 1.29 is 5.11 Å². The fraction of sp³-hybridized carbons (Fsp3) is 0.500. The van der Waals surface area contributed by atoms with E-state index in [4.69, 9.17) is 16.7 Å². The fourth-order valence-corrected chi connectivity index (χ4v) is 2.54. The SMILES string of the molecule is CN1C[C@H](CO)C[C@@H]1c1cccc(Cl)c1. The summed E-state index contributed by atoms with van der Waals surface area (Å²) in [7, 11) is 2.10. The second kappa shape index (κ2) is 4.52. The number of benzene rings is 1. The van der Waals surface area contributed by atoms with Crippen LogP contribution in [0.15, 0.2) is 24.3 Å². The van der Waals surface area contributed by atoms with Crippen LogP contribution < -0.4 is 0 Å². The molecule has 1 aliphatic rings. The van der Waals surface area contributed by atoms with Crippen LogP contribution in [-0.4, -0.2) is 30.2 Å². The van der Waals surface area contributed by atoms with Gasteiger partial charge in [0, 0.05) is 24.2 Å². The van der Waals surface area contributed by atoms with E-state index in [2.05, 4.69) is 18.0 Å². The van der Waals surface area contributed by atoms with Gasteiger partial charge in [-0.25, -0.2) is 0 Å². The second-order valence-corrected chi connectivity index (χ2v) is 4.73. The van der Waals surface area contributed by atoms with Crippen molar-refractivity contribution in [3.8, 4) is 0 Å². The molecule has 0 bridgehead atoms. The lowest BCUT2D eigenvalue weighted by molar-refractivity contribution is 0.227. The summed E-state index contributed by atoms with van der Waals surface area (Å²) < 4.78 is 0. The third kappa shape index (κ3) is 2.33. The molecule has 0 aliphatic carbocycles. The topological polar surface area (TPSA) is 23.5 Å². The number of nitrogens with zero attached hydrogens (tertiary/aromatic N) is 1. The van der Waals surface area contributed by atoms with Crippen LogP contribution in [-0.2, 0) is 0 Å². The van der Waals surface area contributed by atoms with Gasteiger partial charge >= 0.3 is 0 Å². The van der Waals surface area contributed by atoms with Crippen molar-refractivity contribution in [1.29, 1.82) is 0 Å². The average Bonchev–Trinajstić information content (AvgIpc) is 2.60. The van der Waals surface area contributed by atoms with E-state index in [1.165, 1.54) is 5.56 Å². The molecular formula is C12H16ClNO. The van der Waals surface area contributed by atoms with Gasteiger partial charge in [-0.2, -0.15) is 0 Å². The molecule has 0 unspecified atom stereocenters. The first-order valence-electron chi connectivity index (χ1n) is 5.27. The van der Waals surface area contributed by atoms with Crippen LogP contribution in [0.25, 0.3) is 0 Å². The zero-order valence-corrected chi connectivity index (χ0v) is 9.61. The monoisotopic (exact) mass is 225 g/mol. The summed E-state index contributed by atoms with van der Waals surface area (Å²) >= 11 is 5.97. The van der Waals surface area contributed by atoms with Crippen LogP contribution in [0, 0.1) is 5.92 Å². The van der Waals surface area contributed by atoms with Crippen molar-refractivity contribution in [2.45, 2.75) is 12.5 Å². The molecule has 15 heavy (non-hydrogen) atoms. The summed E-state index contributed by atoms with van der Waals surface area (Å²) in [5, 5.41) is 9.94. The van der Waals surface area contributed by atoms with Crippen LogP contribution in [0.5, 0.6) is 0 Å². The van der Waals surface area contributed by atoms with E-state index < -0.39 is 0 Å². The summed E-state index contributed by atoms with van der Waals surface area (Å²) in [6.07, 6.45) is 1.02. The number of aliphatic hydroxyl groups excluding tert-OH is 1. The van der Waals surface area contributed by atoms with Crippen molar-refractivity contribution in [3.63, 3.8) is 0 Å². The minimum absolute atomic E-state index is 0.279. The number of halogens is 1. The molecule has 0 radical (unpaired) electrons. The number of likely N-dealkylation sites (tertiary alicyclic amines) is 1. The normalized spacial score (nSPS) is 27.1. The molecular weight excluding hydrogens is 210 g/mol. The van der Waals surface area contributed by atoms with E-state index in [0.717, 1.165) is 18.0 Å². The van der Waals surface area contributed by atoms with Gasteiger partial charge in [0.2, 0.25) is 0 Å². The van der Waals surface area contributed by atoms with Crippen LogP contribution in [0.3, 0.4) is 0 Å². The molecule has 1 aromatic carbocycles. The highest BCUT2D eigenvalue weighted by Gasteiger charge is 2.29. The Kier molecular flexibility index (Phi) is 3.29. The first kappa shape index (κ1) is 10.9. The Labute approximate surface area is 95.5 Å². The first-order chi connectivity index (χ1) is 7.20. The smallest absolute Gasteiger partial charge is 0.0472 e. The Morgan fingerprint density at radius 1 is 1.53 bits per heavy atom. The zero-order valence-electron chi connectivity index (χ0n) is 8.86. The summed E-state index contributed by atoms with van der Waals surface area (Å²) in [6.45, 7) is 1.25. The molecule has 2 atom stereocenters. The lowest BCUT2D eigenvalue weighted by Gasteiger charge is -2.19. The van der Waals surface area contributed by atoms with E-state index in [-0.39, 0.29) is 6.61 Å². The average molecular weight is 226 g/mol. The molecule has 1 aliphatic heterocycles. The summed E-state index contributed by atoms with van der Waals surface area (Å²) in [5.74, 6) is 0.402. The Balaban J connectivity index is 2.17. The van der Waals surface area contributed by atoms with E-state index >= 15 is 0 Å². The molecule has 2 nitrogen and oxygen atoms in total. The van der Waals surface area contributed by atoms with Crippen molar-refractivity contribution in [2.75, 3.05) is 20.2 Å². The molecule has 1 aromatic rings. The molecule has 0 aromatic heterocycles. The minimum Gasteiger partial charge on any atom is -0.396 e. The third-order valence-corrected chi connectivity index (χ3v) is 3.36. The molecule has 1 saturated heterocycles. The van der Waals surface area contributed by atoms with E-state index in [0.29, 0.717) is 12.0 Å². The van der Waals surface area contributed by atoms with Crippen molar-refractivity contribution >= 4 is 11.6 Å². The van der Waals surface area contributed by atoms with Gasteiger partial charge in [-0.3, -0.25) is 4.90 Å². The molecule has 1 N–H and O–H groups in total. The van der Waals surface area contributed by atoms with Gasteiger partial charge in [0.25, 0.3) is 0 Å². The molecule has 3 heteroatoms. The standard InChI is InChI=1S/C12H16ClNO/c1-14-7-9(8-15)5-12(14)10-3-2-4-11(13)6-10/h2-4,6,9,12,15H,5,7-8H2,1H3/t9-,12-/m1/s1. The lowest BCUT2D eigenvalue weighted by Crippen LogP contribution is -2.18. The quantitative estimate of drug-likeness (QED) is 0.835. The van der Waals surface area contributed by atoms with Gasteiger partial charge in [0.05, 0.1) is 0 Å². The number of aliphatic hydroxyl groups is 1. The van der Waals surface area contributed by atoms with Crippen LogP contribution in [0.2, 0.25) is 5.02 Å². The highest BCUT2D eigenvalue weighted by Crippen LogP contribution is 2.34. The summed E-state index contributed by atoms with van der Waals surface area (Å²) in [6, 6.07) is 8.40. The number of hydrogen-bond donors (Lipinski definition) is 1. The van der Waals surface area contributed by atoms with Crippen LogP contribution >= 0.6 is 11.6 Å². The van der Waals surface area contributed by atoms with Gasteiger partial charge in [-0.05, 0) is 37.1 Å². The number of hydrogen-bond acceptors (Lipinski definition) is 2. The Bertz CT molecular complexity index is 342. The highest BCUT2D eigenvalue weighted by molar-refractivity contribution is 6.30. The Hall–Kier alpha value is -0.570. The molecule has 82 valence electrons. The van der Waals surface area contributed by atoms with Gasteiger partial charge in [-0.1, -0.05) is 23.7 Å². The van der Waals surface area contributed by atoms with Gasteiger partial charge in [0.1, 0.15) is 0 Å². The van der Waals surface area contributed by atoms with Crippen molar-refractivity contribution in [3.05, 3.63) is 34.9 Å².